The number of hydrogen-bond acceptors (Lipinski definition) is 4. The summed E-state index contributed by atoms with van der Waals surface area (Å²) in [5.41, 5.74) is 10.1. The van der Waals surface area contributed by atoms with Gasteiger partial charge in [0, 0.05) is 23.3 Å². The van der Waals surface area contributed by atoms with Crippen molar-refractivity contribution in [3.8, 4) is 0 Å². The Bertz CT molecular complexity index is 813. The summed E-state index contributed by atoms with van der Waals surface area (Å²) in [6, 6.07) is 14.4. The van der Waals surface area contributed by atoms with Crippen LogP contribution in [0.25, 0.3) is 10.9 Å². The van der Waals surface area contributed by atoms with Crippen molar-refractivity contribution in [1.29, 1.82) is 0 Å². The zero-order chi connectivity index (χ0) is 14.2. The summed E-state index contributed by atoms with van der Waals surface area (Å²) in [4.78, 5) is 11.2. The molecule has 0 unspecified atom stereocenters. The number of nitrogens with two attached hydrogens (primary N) is 1. The Kier molecular flexibility index (Phi) is 2.74. The van der Waals surface area contributed by atoms with Crippen LogP contribution in [0.4, 0.5) is 17.2 Å². The molecule has 0 fully saturated rings. The zero-order valence-corrected chi connectivity index (χ0v) is 11.7. The third-order valence-electron chi connectivity index (χ3n) is 4.01. The summed E-state index contributed by atoms with van der Waals surface area (Å²) >= 11 is 0. The number of aryl methyl sites for hydroxylation is 1. The molecular weight excluding hydrogens is 260 g/mol. The number of hydrogen-bond donors (Lipinski definition) is 1. The van der Waals surface area contributed by atoms with E-state index in [0.29, 0.717) is 0 Å². The topological polar surface area (TPSA) is 55.0 Å². The fraction of sp³-hybridized carbons (Fsp3) is 0.176. The molecule has 4 rings (SSSR count). The number of rotatable bonds is 1. The average Bonchev–Trinajstić information content (AvgIpc) is 2.53. The van der Waals surface area contributed by atoms with Crippen LogP contribution in [-0.2, 0) is 6.42 Å². The lowest BCUT2D eigenvalue weighted by atomic mass is 10.0. The van der Waals surface area contributed by atoms with Crippen molar-refractivity contribution in [2.75, 3.05) is 17.2 Å². The Hall–Kier alpha value is -2.62. The molecule has 0 amide bonds. The maximum atomic E-state index is 5.85. The van der Waals surface area contributed by atoms with E-state index < -0.39 is 0 Å². The third-order valence-corrected chi connectivity index (χ3v) is 4.01. The highest BCUT2D eigenvalue weighted by atomic mass is 15.2. The molecule has 2 aromatic carbocycles. The van der Waals surface area contributed by atoms with Crippen LogP contribution in [0, 0.1) is 0 Å². The van der Waals surface area contributed by atoms with Crippen molar-refractivity contribution < 1.29 is 0 Å². The van der Waals surface area contributed by atoms with E-state index in [1.807, 2.05) is 18.2 Å². The van der Waals surface area contributed by atoms with Crippen LogP contribution in [0.5, 0.6) is 0 Å². The van der Waals surface area contributed by atoms with Gasteiger partial charge in [-0.2, -0.15) is 0 Å². The molecule has 0 saturated heterocycles. The number of aromatic nitrogens is 2. The van der Waals surface area contributed by atoms with Crippen LogP contribution >= 0.6 is 0 Å². The lowest BCUT2D eigenvalue weighted by Gasteiger charge is -2.31. The zero-order valence-electron chi connectivity index (χ0n) is 11.7. The largest absolute Gasteiger partial charge is 0.399 e. The number of nitrogens with zero attached hydrogens (tertiary/aromatic N) is 3. The molecule has 3 aromatic rings. The van der Waals surface area contributed by atoms with E-state index in [2.05, 4.69) is 39.1 Å². The number of benzene rings is 2. The second-order valence-electron chi connectivity index (χ2n) is 5.36. The van der Waals surface area contributed by atoms with Gasteiger partial charge in [-0.1, -0.05) is 18.2 Å². The van der Waals surface area contributed by atoms with E-state index in [4.69, 9.17) is 5.73 Å². The molecule has 2 N–H and O–H groups in total. The summed E-state index contributed by atoms with van der Waals surface area (Å²) in [7, 11) is 0. The first-order valence-electron chi connectivity index (χ1n) is 7.18. The van der Waals surface area contributed by atoms with Crippen molar-refractivity contribution in [2.45, 2.75) is 12.8 Å². The highest BCUT2D eigenvalue weighted by Gasteiger charge is 2.20. The molecule has 21 heavy (non-hydrogen) atoms. The quantitative estimate of drug-likeness (QED) is 0.693. The van der Waals surface area contributed by atoms with Crippen LogP contribution in [0.1, 0.15) is 12.0 Å². The Morgan fingerprint density at radius 1 is 1.05 bits per heavy atom. The van der Waals surface area contributed by atoms with Gasteiger partial charge in [-0.05, 0) is 42.7 Å². The standard InChI is InChI=1S/C17H16N4/c18-13-7-8-14-15(10-13)19-11-20-17(14)21-9-3-5-12-4-1-2-6-16(12)21/h1-2,4,6-8,10-11H,3,5,9,18H2. The molecule has 104 valence electrons. The van der Waals surface area contributed by atoms with Gasteiger partial charge in [-0.3, -0.25) is 0 Å². The number of nitrogen functional groups attached to an aromatic ring is 1. The van der Waals surface area contributed by atoms with Gasteiger partial charge in [-0.15, -0.1) is 0 Å². The van der Waals surface area contributed by atoms with E-state index in [9.17, 15) is 0 Å². The first-order valence-corrected chi connectivity index (χ1v) is 7.18. The minimum Gasteiger partial charge on any atom is -0.399 e. The Morgan fingerprint density at radius 2 is 1.95 bits per heavy atom. The molecule has 1 aliphatic heterocycles. The molecule has 0 spiro atoms. The minimum absolute atomic E-state index is 0.728. The van der Waals surface area contributed by atoms with E-state index in [1.54, 1.807) is 6.33 Å². The normalized spacial score (nSPS) is 14.2. The highest BCUT2D eigenvalue weighted by Crippen LogP contribution is 2.35. The van der Waals surface area contributed by atoms with Crippen molar-refractivity contribution >= 4 is 28.1 Å². The van der Waals surface area contributed by atoms with Gasteiger partial charge in [0.05, 0.1) is 5.52 Å². The fourth-order valence-electron chi connectivity index (χ4n) is 3.03. The van der Waals surface area contributed by atoms with E-state index in [1.165, 1.54) is 11.3 Å². The SMILES string of the molecule is Nc1ccc2c(N3CCCc4ccccc43)ncnc2c1. The average molecular weight is 276 g/mol. The molecule has 1 aliphatic rings. The van der Waals surface area contributed by atoms with E-state index >= 15 is 0 Å². The van der Waals surface area contributed by atoms with Gasteiger partial charge < -0.3 is 10.6 Å². The fourth-order valence-corrected chi connectivity index (χ4v) is 3.03. The molecule has 2 heterocycles. The predicted octanol–water partition coefficient (Wildman–Crippen LogP) is 3.30. The smallest absolute Gasteiger partial charge is 0.144 e. The van der Waals surface area contributed by atoms with Crippen LogP contribution < -0.4 is 10.6 Å². The first kappa shape index (κ1) is 12.1. The van der Waals surface area contributed by atoms with Gasteiger partial charge in [-0.25, -0.2) is 9.97 Å². The lowest BCUT2D eigenvalue weighted by molar-refractivity contribution is 0.761. The summed E-state index contributed by atoms with van der Waals surface area (Å²) in [6.45, 7) is 0.980. The molecule has 4 heteroatoms. The second kappa shape index (κ2) is 4.74. The van der Waals surface area contributed by atoms with Crippen LogP contribution in [0.15, 0.2) is 48.8 Å². The van der Waals surface area contributed by atoms with Crippen LogP contribution in [0.3, 0.4) is 0 Å². The van der Waals surface area contributed by atoms with Crippen molar-refractivity contribution in [2.24, 2.45) is 0 Å². The van der Waals surface area contributed by atoms with Gasteiger partial charge >= 0.3 is 0 Å². The Labute approximate surface area is 123 Å². The summed E-state index contributed by atoms with van der Waals surface area (Å²) in [5.74, 6) is 0.965. The third kappa shape index (κ3) is 2.00. The predicted molar refractivity (Wildman–Crippen MR) is 85.7 cm³/mol. The molecule has 0 radical (unpaired) electrons. The van der Waals surface area contributed by atoms with Gasteiger partial charge in [0.25, 0.3) is 0 Å². The van der Waals surface area contributed by atoms with Gasteiger partial charge in [0.1, 0.15) is 12.1 Å². The number of anilines is 3. The molecule has 0 atom stereocenters. The number of fused-ring (bicyclic) bond motifs is 2. The van der Waals surface area contributed by atoms with Crippen molar-refractivity contribution in [1.82, 2.24) is 9.97 Å². The van der Waals surface area contributed by atoms with E-state index in [0.717, 1.165) is 41.8 Å². The second-order valence-corrected chi connectivity index (χ2v) is 5.36. The van der Waals surface area contributed by atoms with Gasteiger partial charge in [0.2, 0.25) is 0 Å². The maximum absolute atomic E-state index is 5.85. The monoisotopic (exact) mass is 276 g/mol. The molecule has 4 nitrogen and oxygen atoms in total. The molecule has 0 bridgehead atoms. The van der Waals surface area contributed by atoms with Crippen molar-refractivity contribution in [3.05, 3.63) is 54.4 Å². The molecular formula is C17H16N4. The van der Waals surface area contributed by atoms with Crippen LogP contribution in [0.2, 0.25) is 0 Å². The lowest BCUT2D eigenvalue weighted by Crippen LogP contribution is -2.25. The first-order chi connectivity index (χ1) is 10.3. The summed E-state index contributed by atoms with van der Waals surface area (Å²) in [5, 5.41) is 1.04. The van der Waals surface area contributed by atoms with Crippen LogP contribution in [-0.4, -0.2) is 16.5 Å². The maximum Gasteiger partial charge on any atom is 0.144 e. The number of para-hydroxylation sites is 1. The Balaban J connectivity index is 1.92. The van der Waals surface area contributed by atoms with Gasteiger partial charge in [0.15, 0.2) is 0 Å². The van der Waals surface area contributed by atoms with E-state index in [-0.39, 0.29) is 0 Å². The summed E-state index contributed by atoms with van der Waals surface area (Å²) in [6.07, 6.45) is 3.88. The molecule has 0 saturated carbocycles. The molecule has 0 aliphatic carbocycles. The minimum atomic E-state index is 0.728. The summed E-state index contributed by atoms with van der Waals surface area (Å²) < 4.78 is 0. The highest BCUT2D eigenvalue weighted by molar-refractivity contribution is 5.93. The molecule has 1 aromatic heterocycles. The van der Waals surface area contributed by atoms with Crippen molar-refractivity contribution in [3.63, 3.8) is 0 Å². The Morgan fingerprint density at radius 3 is 2.90 bits per heavy atom.